The van der Waals surface area contributed by atoms with Gasteiger partial charge in [-0.05, 0) is 44.9 Å². The fraction of sp³-hybridized carbons (Fsp3) is 0.455. The number of likely N-dealkylation sites (tertiary alicyclic amines) is 1. The average molecular weight is 422 g/mol. The Morgan fingerprint density at radius 3 is 3.13 bits per heavy atom. The van der Waals surface area contributed by atoms with Crippen molar-refractivity contribution in [2.75, 3.05) is 11.9 Å². The number of aromatic nitrogens is 4. The summed E-state index contributed by atoms with van der Waals surface area (Å²) in [6.07, 6.45) is 8.49. The van der Waals surface area contributed by atoms with E-state index in [9.17, 15) is 0 Å². The lowest BCUT2D eigenvalue weighted by atomic mass is 10.1. The highest BCUT2D eigenvalue weighted by atomic mass is 32.1. The summed E-state index contributed by atoms with van der Waals surface area (Å²) in [5.41, 5.74) is 4.12. The summed E-state index contributed by atoms with van der Waals surface area (Å²) in [6, 6.07) is 5.90. The second-order valence-electron chi connectivity index (χ2n) is 7.73. The van der Waals surface area contributed by atoms with Crippen molar-refractivity contribution < 1.29 is 0 Å². The van der Waals surface area contributed by atoms with Gasteiger partial charge in [-0.3, -0.25) is 9.58 Å². The number of nitrogens with zero attached hydrogens (tertiary/aromatic N) is 6. The molecule has 8 heteroatoms. The number of unbranched alkanes of at least 4 members (excludes halogenated alkanes) is 1. The molecule has 1 aliphatic heterocycles. The van der Waals surface area contributed by atoms with E-state index in [2.05, 4.69) is 56.5 Å². The van der Waals surface area contributed by atoms with Crippen molar-refractivity contribution in [2.45, 2.75) is 58.7 Å². The highest BCUT2D eigenvalue weighted by Gasteiger charge is 2.28. The summed E-state index contributed by atoms with van der Waals surface area (Å²) >= 11 is 1.58. The van der Waals surface area contributed by atoms with Crippen LogP contribution in [0.2, 0.25) is 0 Å². The molecule has 1 aliphatic rings. The largest absolute Gasteiger partial charge is 0.316 e. The second-order valence-corrected chi connectivity index (χ2v) is 8.59. The lowest BCUT2D eigenvalue weighted by Gasteiger charge is -2.22. The van der Waals surface area contributed by atoms with E-state index in [1.54, 1.807) is 29.7 Å². The number of hydrogen-bond donors (Lipinski definition) is 1. The van der Waals surface area contributed by atoms with Gasteiger partial charge in [0.1, 0.15) is 5.82 Å². The van der Waals surface area contributed by atoms with Gasteiger partial charge in [0.05, 0.1) is 29.1 Å². The maximum atomic E-state index is 9.06. The van der Waals surface area contributed by atoms with E-state index in [4.69, 9.17) is 10.2 Å². The SMILES string of the molecule is CCCCn1cc(CN2CCC[C@@H]2c2csc(Nc3cc(C#N)ccn3)n2)c(C)n1. The Morgan fingerprint density at radius 1 is 1.40 bits per heavy atom. The fourth-order valence-electron chi connectivity index (χ4n) is 3.89. The van der Waals surface area contributed by atoms with Crippen molar-refractivity contribution in [3.05, 3.63) is 52.4 Å². The topological polar surface area (TPSA) is 82.7 Å². The molecule has 1 N–H and O–H groups in total. The quantitative estimate of drug-likeness (QED) is 0.563. The Hall–Kier alpha value is -2.76. The molecule has 4 heterocycles. The predicted octanol–water partition coefficient (Wildman–Crippen LogP) is 4.80. The zero-order valence-corrected chi connectivity index (χ0v) is 18.3. The van der Waals surface area contributed by atoms with E-state index < -0.39 is 0 Å². The molecule has 0 amide bonds. The normalized spacial score (nSPS) is 16.6. The first-order valence-electron chi connectivity index (χ1n) is 10.5. The van der Waals surface area contributed by atoms with E-state index in [1.165, 1.54) is 18.4 Å². The molecule has 0 aromatic carbocycles. The molecule has 0 bridgehead atoms. The number of anilines is 2. The van der Waals surface area contributed by atoms with Crippen molar-refractivity contribution in [1.82, 2.24) is 24.6 Å². The minimum Gasteiger partial charge on any atom is -0.316 e. The zero-order chi connectivity index (χ0) is 20.9. The summed E-state index contributed by atoms with van der Waals surface area (Å²) in [5.74, 6) is 0.647. The summed E-state index contributed by atoms with van der Waals surface area (Å²) in [5, 5.41) is 19.9. The number of thiazole rings is 1. The zero-order valence-electron chi connectivity index (χ0n) is 17.5. The molecule has 3 aromatic heterocycles. The van der Waals surface area contributed by atoms with E-state index in [1.807, 2.05) is 0 Å². The van der Waals surface area contributed by atoms with Crippen LogP contribution in [0.25, 0.3) is 0 Å². The smallest absolute Gasteiger partial charge is 0.188 e. The van der Waals surface area contributed by atoms with Crippen LogP contribution in [0.5, 0.6) is 0 Å². The van der Waals surface area contributed by atoms with Gasteiger partial charge >= 0.3 is 0 Å². The molecule has 4 rings (SSSR count). The molecule has 0 radical (unpaired) electrons. The molecule has 0 unspecified atom stereocenters. The van der Waals surface area contributed by atoms with E-state index in [-0.39, 0.29) is 0 Å². The molecule has 1 fully saturated rings. The van der Waals surface area contributed by atoms with Crippen LogP contribution in [0, 0.1) is 18.3 Å². The van der Waals surface area contributed by atoms with Gasteiger partial charge in [0.2, 0.25) is 0 Å². The van der Waals surface area contributed by atoms with Gasteiger partial charge in [0, 0.05) is 36.4 Å². The maximum Gasteiger partial charge on any atom is 0.188 e. The van der Waals surface area contributed by atoms with Crippen LogP contribution in [0.4, 0.5) is 10.9 Å². The van der Waals surface area contributed by atoms with Crippen molar-refractivity contribution >= 4 is 22.3 Å². The van der Waals surface area contributed by atoms with Crippen LogP contribution in [0.15, 0.2) is 29.9 Å². The minimum absolute atomic E-state index is 0.327. The number of hydrogen-bond acceptors (Lipinski definition) is 7. The van der Waals surface area contributed by atoms with Gasteiger partial charge < -0.3 is 5.32 Å². The Morgan fingerprint density at radius 2 is 2.30 bits per heavy atom. The third kappa shape index (κ3) is 4.69. The molecule has 156 valence electrons. The summed E-state index contributed by atoms with van der Waals surface area (Å²) in [6.45, 7) is 7.29. The van der Waals surface area contributed by atoms with Gasteiger partial charge in [0.15, 0.2) is 5.13 Å². The molecule has 0 spiro atoms. The monoisotopic (exact) mass is 421 g/mol. The third-order valence-electron chi connectivity index (χ3n) is 5.51. The van der Waals surface area contributed by atoms with Crippen LogP contribution < -0.4 is 5.32 Å². The molecule has 0 saturated carbocycles. The van der Waals surface area contributed by atoms with Gasteiger partial charge in [-0.25, -0.2) is 9.97 Å². The van der Waals surface area contributed by atoms with Crippen LogP contribution in [0.3, 0.4) is 0 Å². The Bertz CT molecular complexity index is 1030. The van der Waals surface area contributed by atoms with Crippen molar-refractivity contribution in [2.24, 2.45) is 0 Å². The highest BCUT2D eigenvalue weighted by Crippen LogP contribution is 2.35. The Kier molecular flexibility index (Phi) is 6.41. The van der Waals surface area contributed by atoms with E-state index in [0.717, 1.165) is 49.0 Å². The van der Waals surface area contributed by atoms with Crippen molar-refractivity contribution in [3.63, 3.8) is 0 Å². The highest BCUT2D eigenvalue weighted by molar-refractivity contribution is 7.13. The van der Waals surface area contributed by atoms with E-state index in [0.29, 0.717) is 17.4 Å². The third-order valence-corrected chi connectivity index (χ3v) is 6.29. The summed E-state index contributed by atoms with van der Waals surface area (Å²) < 4.78 is 2.09. The maximum absolute atomic E-state index is 9.06. The molecule has 0 aliphatic carbocycles. The van der Waals surface area contributed by atoms with Gasteiger partial charge in [-0.1, -0.05) is 13.3 Å². The summed E-state index contributed by atoms with van der Waals surface area (Å²) in [4.78, 5) is 11.6. The van der Waals surface area contributed by atoms with Gasteiger partial charge in [0.25, 0.3) is 0 Å². The Labute approximate surface area is 181 Å². The average Bonchev–Trinajstić information content (AvgIpc) is 3.48. The van der Waals surface area contributed by atoms with Gasteiger partial charge in [-0.2, -0.15) is 10.4 Å². The van der Waals surface area contributed by atoms with Crippen LogP contribution >= 0.6 is 11.3 Å². The molecular weight excluding hydrogens is 394 g/mol. The lowest BCUT2D eigenvalue weighted by molar-refractivity contribution is 0.244. The number of rotatable bonds is 8. The first-order valence-corrected chi connectivity index (χ1v) is 11.4. The molecule has 1 atom stereocenters. The van der Waals surface area contributed by atoms with Crippen molar-refractivity contribution in [3.8, 4) is 6.07 Å². The molecular formula is C22H27N7S. The molecule has 3 aromatic rings. The fourth-order valence-corrected chi connectivity index (χ4v) is 4.66. The number of aryl methyl sites for hydroxylation is 2. The predicted molar refractivity (Wildman–Crippen MR) is 119 cm³/mol. The Balaban J connectivity index is 1.44. The van der Waals surface area contributed by atoms with Crippen molar-refractivity contribution in [1.29, 1.82) is 5.26 Å². The first-order chi connectivity index (χ1) is 14.7. The first kappa shape index (κ1) is 20.5. The van der Waals surface area contributed by atoms with Crippen LogP contribution in [0.1, 0.15) is 61.2 Å². The number of pyridine rings is 1. The molecule has 30 heavy (non-hydrogen) atoms. The van der Waals surface area contributed by atoms with Gasteiger partial charge in [-0.15, -0.1) is 11.3 Å². The van der Waals surface area contributed by atoms with Crippen LogP contribution in [-0.2, 0) is 13.1 Å². The molecule has 7 nitrogen and oxygen atoms in total. The van der Waals surface area contributed by atoms with E-state index >= 15 is 0 Å². The van der Waals surface area contributed by atoms with Crippen LogP contribution in [-0.4, -0.2) is 31.2 Å². The lowest BCUT2D eigenvalue weighted by Crippen LogP contribution is -2.23. The second kappa shape index (κ2) is 9.37. The summed E-state index contributed by atoms with van der Waals surface area (Å²) in [7, 11) is 0. The minimum atomic E-state index is 0.327. The standard InChI is InChI=1S/C22H27N7S/c1-3-4-10-29-14-18(16(2)27-29)13-28-9-5-6-20(28)19-15-30-22(25-19)26-21-11-17(12-23)7-8-24-21/h7-8,11,14-15,20H,3-6,9-10,13H2,1-2H3,(H,24,25,26)/t20-/m1/s1. The number of nitrogens with one attached hydrogen (secondary N) is 1. The number of nitriles is 1. The molecule has 1 saturated heterocycles.